The van der Waals surface area contributed by atoms with Crippen molar-refractivity contribution < 1.29 is 9.53 Å². The Balaban J connectivity index is 1.06. The molecule has 3 aromatic rings. The molecule has 2 aromatic heterocycles. The van der Waals surface area contributed by atoms with E-state index in [1.165, 1.54) is 38.6 Å². The normalized spacial score (nSPS) is 23.1. The Labute approximate surface area is 261 Å². The number of hydrogen-bond donors (Lipinski definition) is 1. The predicted molar refractivity (Wildman–Crippen MR) is 174 cm³/mol. The van der Waals surface area contributed by atoms with Crippen LogP contribution in [0, 0.1) is 28.1 Å². The number of nitrogens with zero attached hydrogens (tertiary/aromatic N) is 5. The van der Waals surface area contributed by atoms with Crippen LogP contribution in [0.1, 0.15) is 82.6 Å². The first-order valence-electron chi connectivity index (χ1n) is 16.3. The molecule has 1 amide bonds. The zero-order chi connectivity index (χ0) is 31.1. The molecule has 2 saturated carbocycles. The van der Waals surface area contributed by atoms with E-state index in [4.69, 9.17) is 9.72 Å². The SMILES string of the molecule is CCN(CC1CCN(c2ccc(C(=O)NC3C(C)(C)C(Oc4ccc(C#N)c5ncccc45)C3(C)C)cn2)CC1)C1CCC1. The van der Waals surface area contributed by atoms with Gasteiger partial charge in [-0.25, -0.2) is 4.98 Å². The number of ether oxygens (including phenoxy) is 1. The van der Waals surface area contributed by atoms with Crippen LogP contribution in [0.5, 0.6) is 5.75 Å². The largest absolute Gasteiger partial charge is 0.488 e. The van der Waals surface area contributed by atoms with Gasteiger partial charge in [0.25, 0.3) is 5.91 Å². The highest BCUT2D eigenvalue weighted by Crippen LogP contribution is 2.56. The maximum atomic E-state index is 13.4. The highest BCUT2D eigenvalue weighted by molar-refractivity contribution is 5.94. The second-order valence-corrected chi connectivity index (χ2v) is 14.2. The van der Waals surface area contributed by atoms with Crippen LogP contribution in [-0.4, -0.2) is 65.1 Å². The summed E-state index contributed by atoms with van der Waals surface area (Å²) >= 11 is 0. The zero-order valence-corrected chi connectivity index (χ0v) is 26.8. The van der Waals surface area contributed by atoms with Crippen LogP contribution in [0.2, 0.25) is 0 Å². The molecule has 3 fully saturated rings. The Morgan fingerprint density at radius 3 is 2.43 bits per heavy atom. The summed E-state index contributed by atoms with van der Waals surface area (Å²) in [6.07, 6.45) is 9.76. The summed E-state index contributed by atoms with van der Waals surface area (Å²) in [4.78, 5) is 27.6. The molecule has 0 radical (unpaired) electrons. The molecule has 44 heavy (non-hydrogen) atoms. The van der Waals surface area contributed by atoms with Crippen molar-refractivity contribution in [2.45, 2.75) is 84.9 Å². The Morgan fingerprint density at radius 2 is 1.82 bits per heavy atom. The number of nitriles is 1. The number of benzene rings is 1. The quantitative estimate of drug-likeness (QED) is 0.315. The Hall–Kier alpha value is -3.70. The van der Waals surface area contributed by atoms with Gasteiger partial charge in [0, 0.05) is 60.3 Å². The maximum absolute atomic E-state index is 13.4. The second-order valence-electron chi connectivity index (χ2n) is 14.2. The number of carbonyl (C=O) groups is 1. The molecular formula is C36H46N6O2. The van der Waals surface area contributed by atoms with Crippen molar-refractivity contribution in [2.24, 2.45) is 16.7 Å². The van der Waals surface area contributed by atoms with Gasteiger partial charge in [-0.3, -0.25) is 9.78 Å². The molecule has 1 N–H and O–H groups in total. The molecule has 232 valence electrons. The van der Waals surface area contributed by atoms with Gasteiger partial charge in [-0.15, -0.1) is 0 Å². The van der Waals surface area contributed by atoms with Crippen LogP contribution in [0.4, 0.5) is 5.82 Å². The number of hydrogen-bond acceptors (Lipinski definition) is 7. The lowest BCUT2D eigenvalue weighted by molar-refractivity contribution is -0.163. The lowest BCUT2D eigenvalue weighted by Crippen LogP contribution is -2.74. The van der Waals surface area contributed by atoms with E-state index in [9.17, 15) is 10.1 Å². The topological polar surface area (TPSA) is 94.4 Å². The number of pyridine rings is 2. The van der Waals surface area contributed by atoms with Crippen LogP contribution >= 0.6 is 0 Å². The lowest BCUT2D eigenvalue weighted by atomic mass is 9.49. The van der Waals surface area contributed by atoms with Crippen molar-refractivity contribution in [3.8, 4) is 11.8 Å². The summed E-state index contributed by atoms with van der Waals surface area (Å²) in [6, 6.07) is 14.2. The minimum absolute atomic E-state index is 0.100. The van der Waals surface area contributed by atoms with Crippen LogP contribution in [0.3, 0.4) is 0 Å². The Kier molecular flexibility index (Phi) is 8.27. The molecule has 2 aliphatic carbocycles. The van der Waals surface area contributed by atoms with Crippen LogP contribution in [-0.2, 0) is 0 Å². The van der Waals surface area contributed by atoms with Crippen molar-refractivity contribution in [3.63, 3.8) is 0 Å². The van der Waals surface area contributed by atoms with Crippen molar-refractivity contribution in [1.29, 1.82) is 5.26 Å². The van der Waals surface area contributed by atoms with Crippen molar-refractivity contribution >= 4 is 22.6 Å². The van der Waals surface area contributed by atoms with E-state index in [0.717, 1.165) is 42.8 Å². The summed E-state index contributed by atoms with van der Waals surface area (Å²) in [6.45, 7) is 15.2. The number of rotatable bonds is 9. The van der Waals surface area contributed by atoms with Gasteiger partial charge in [-0.05, 0) is 74.5 Å². The molecule has 0 bridgehead atoms. The summed E-state index contributed by atoms with van der Waals surface area (Å²) < 4.78 is 6.63. The van der Waals surface area contributed by atoms with Crippen LogP contribution in [0.15, 0.2) is 48.8 Å². The van der Waals surface area contributed by atoms with E-state index in [1.807, 2.05) is 30.3 Å². The highest BCUT2D eigenvalue weighted by atomic mass is 16.5. The predicted octanol–water partition coefficient (Wildman–Crippen LogP) is 6.20. The minimum Gasteiger partial charge on any atom is -0.488 e. The fourth-order valence-corrected chi connectivity index (χ4v) is 8.15. The maximum Gasteiger partial charge on any atom is 0.253 e. The molecule has 6 rings (SSSR count). The van der Waals surface area contributed by atoms with Gasteiger partial charge in [0.15, 0.2) is 0 Å². The minimum atomic E-state index is -0.328. The molecule has 1 aliphatic heterocycles. The molecule has 3 aliphatic rings. The third kappa shape index (κ3) is 5.51. The van der Waals surface area contributed by atoms with Gasteiger partial charge < -0.3 is 19.9 Å². The second kappa shape index (κ2) is 12.0. The smallest absolute Gasteiger partial charge is 0.253 e. The summed E-state index contributed by atoms with van der Waals surface area (Å²) in [5.41, 5.74) is 1.08. The number of fused-ring (bicyclic) bond motifs is 1. The third-order valence-electron chi connectivity index (χ3n) is 10.6. The molecule has 8 nitrogen and oxygen atoms in total. The monoisotopic (exact) mass is 594 g/mol. The molecule has 3 heterocycles. The van der Waals surface area contributed by atoms with Gasteiger partial charge in [-0.1, -0.05) is 41.0 Å². The average Bonchev–Trinajstić information content (AvgIpc) is 3.01. The number of anilines is 1. The van der Waals surface area contributed by atoms with Crippen molar-refractivity contribution in [1.82, 2.24) is 20.2 Å². The summed E-state index contributed by atoms with van der Waals surface area (Å²) in [7, 11) is 0. The molecule has 0 atom stereocenters. The molecule has 0 unspecified atom stereocenters. The molecule has 0 spiro atoms. The highest BCUT2D eigenvalue weighted by Gasteiger charge is 2.64. The van der Waals surface area contributed by atoms with E-state index in [1.54, 1.807) is 18.5 Å². The van der Waals surface area contributed by atoms with Gasteiger partial charge in [0.1, 0.15) is 23.7 Å². The number of piperidine rings is 1. The number of aromatic nitrogens is 2. The molecule has 1 aromatic carbocycles. The average molecular weight is 595 g/mol. The molecule has 1 saturated heterocycles. The third-order valence-corrected chi connectivity index (χ3v) is 10.6. The fourth-order valence-electron chi connectivity index (χ4n) is 8.15. The number of nitrogens with one attached hydrogen (secondary N) is 1. The first-order valence-corrected chi connectivity index (χ1v) is 16.3. The molecular weight excluding hydrogens is 548 g/mol. The van der Waals surface area contributed by atoms with Crippen molar-refractivity contribution in [3.05, 3.63) is 59.9 Å². The van der Waals surface area contributed by atoms with Gasteiger partial charge in [0.05, 0.1) is 16.6 Å². The lowest BCUT2D eigenvalue weighted by Gasteiger charge is -2.63. The van der Waals surface area contributed by atoms with Gasteiger partial charge in [-0.2, -0.15) is 5.26 Å². The summed E-state index contributed by atoms with van der Waals surface area (Å²) in [5.74, 6) is 2.29. The summed E-state index contributed by atoms with van der Waals surface area (Å²) in [5, 5.41) is 13.6. The zero-order valence-electron chi connectivity index (χ0n) is 26.8. The van der Waals surface area contributed by atoms with Gasteiger partial charge >= 0.3 is 0 Å². The van der Waals surface area contributed by atoms with E-state index >= 15 is 0 Å². The first-order chi connectivity index (χ1) is 21.1. The van der Waals surface area contributed by atoms with E-state index in [-0.39, 0.29) is 28.9 Å². The van der Waals surface area contributed by atoms with Crippen LogP contribution in [0.25, 0.3) is 10.9 Å². The number of carbonyl (C=O) groups excluding carboxylic acids is 1. The number of amides is 1. The fraction of sp³-hybridized carbons (Fsp3) is 0.556. The van der Waals surface area contributed by atoms with Gasteiger partial charge in [0.2, 0.25) is 0 Å². The standard InChI is InChI=1S/C36H46N6O2/c1-6-41(27-9-7-10-27)23-24-16-19-42(20-17-24)30-15-13-26(22-39-30)32(43)40-33-35(2,3)34(36(33,4)5)44-29-14-12-25(21-37)31-28(29)11-8-18-38-31/h8,11-15,18,22,24,27,33-34H,6-7,9-10,16-17,19-20,23H2,1-5H3,(H,40,43). The van der Waals surface area contributed by atoms with E-state index < -0.39 is 0 Å². The Bertz CT molecular complexity index is 1520. The van der Waals surface area contributed by atoms with E-state index in [2.05, 4.69) is 60.8 Å². The van der Waals surface area contributed by atoms with Crippen LogP contribution < -0.4 is 15.0 Å². The Morgan fingerprint density at radius 1 is 1.07 bits per heavy atom. The van der Waals surface area contributed by atoms with E-state index in [0.29, 0.717) is 22.4 Å². The van der Waals surface area contributed by atoms with Crippen molar-refractivity contribution in [2.75, 3.05) is 31.1 Å². The molecule has 8 heteroatoms. The first kappa shape index (κ1) is 30.3.